The zero-order chi connectivity index (χ0) is 28.9. The number of nitrogen functional groups attached to an aromatic ring is 1. The topological polar surface area (TPSA) is 138 Å². The van der Waals surface area contributed by atoms with Gasteiger partial charge in [-0.15, -0.1) is 11.3 Å². The lowest BCUT2D eigenvalue weighted by atomic mass is 9.99. The number of fused-ring (bicyclic) bond motifs is 3. The van der Waals surface area contributed by atoms with Gasteiger partial charge in [0.2, 0.25) is 0 Å². The molecule has 41 heavy (non-hydrogen) atoms. The monoisotopic (exact) mass is 565 g/mol. The maximum absolute atomic E-state index is 13.4. The minimum absolute atomic E-state index is 0.274. The van der Waals surface area contributed by atoms with Gasteiger partial charge in [0, 0.05) is 34.2 Å². The molecule has 0 radical (unpaired) electrons. The number of pyridine rings is 1. The van der Waals surface area contributed by atoms with Crippen molar-refractivity contribution in [3.63, 3.8) is 0 Å². The minimum Gasteiger partial charge on any atom is -0.442 e. The zero-order valence-corrected chi connectivity index (χ0v) is 23.7. The zero-order valence-electron chi connectivity index (χ0n) is 22.9. The molecule has 0 saturated carbocycles. The van der Waals surface area contributed by atoms with Gasteiger partial charge >= 0.3 is 6.09 Å². The molecule has 1 amide bonds. The van der Waals surface area contributed by atoms with Crippen molar-refractivity contribution in [3.05, 3.63) is 82.9 Å². The van der Waals surface area contributed by atoms with E-state index in [2.05, 4.69) is 25.4 Å². The van der Waals surface area contributed by atoms with Crippen LogP contribution in [0.15, 0.2) is 60.5 Å². The highest BCUT2D eigenvalue weighted by Gasteiger charge is 2.21. The van der Waals surface area contributed by atoms with E-state index in [0.29, 0.717) is 39.2 Å². The standard InChI is InChI=1S/C30H27N7O3S/c1-16-5-8-19-20(24(16)36-28(38)21-14-41-26-25(21)33-15-34-27(26)31)9-10-32-22(19)11-17-6-7-18-13-35-37(23(18)12-17)29(39)40-30(2,3)4/h5-10,12-15H,11H2,1-4H3,(H,36,38)(H2,31,33,34). The van der Waals surface area contributed by atoms with Gasteiger partial charge in [-0.1, -0.05) is 24.3 Å². The SMILES string of the molecule is Cc1ccc2c(Cc3ccc4cnn(C(=O)OC(C)(C)C)c4c3)nccc2c1NC(=O)c1csc2c(N)ncnc12. The molecule has 0 fully saturated rings. The molecule has 0 aliphatic carbocycles. The molecule has 3 N–H and O–H groups in total. The highest BCUT2D eigenvalue weighted by atomic mass is 32.1. The predicted molar refractivity (Wildman–Crippen MR) is 160 cm³/mol. The molecule has 6 aromatic rings. The fraction of sp³-hybridized carbons (Fsp3) is 0.200. The van der Waals surface area contributed by atoms with Gasteiger partial charge in [0.05, 0.1) is 38.9 Å². The number of nitrogens with one attached hydrogen (secondary N) is 1. The first-order valence-corrected chi connectivity index (χ1v) is 13.8. The smallest absolute Gasteiger partial charge is 0.435 e. The predicted octanol–water partition coefficient (Wildman–Crippen LogP) is 6.11. The molecule has 0 bridgehead atoms. The number of aromatic nitrogens is 5. The molecule has 4 heterocycles. The van der Waals surface area contributed by atoms with Gasteiger partial charge in [-0.3, -0.25) is 9.78 Å². The van der Waals surface area contributed by atoms with Crippen molar-refractivity contribution >= 4 is 66.7 Å². The quantitative estimate of drug-likeness (QED) is 0.261. The van der Waals surface area contributed by atoms with E-state index in [4.69, 9.17) is 10.5 Å². The highest BCUT2D eigenvalue weighted by Crippen LogP contribution is 2.32. The Hall–Kier alpha value is -4.90. The number of rotatable bonds is 4. The molecule has 11 heteroatoms. The summed E-state index contributed by atoms with van der Waals surface area (Å²) in [6.07, 6.45) is 4.73. The summed E-state index contributed by atoms with van der Waals surface area (Å²) >= 11 is 1.34. The number of nitrogens with two attached hydrogens (primary N) is 1. The number of hydrogen-bond donors (Lipinski definition) is 2. The summed E-state index contributed by atoms with van der Waals surface area (Å²) in [5, 5.41) is 11.7. The van der Waals surface area contributed by atoms with Crippen LogP contribution in [-0.2, 0) is 11.2 Å². The normalized spacial score (nSPS) is 11.8. The Morgan fingerprint density at radius 1 is 1.07 bits per heavy atom. The van der Waals surface area contributed by atoms with Crippen molar-refractivity contribution in [3.8, 4) is 0 Å². The second-order valence-corrected chi connectivity index (χ2v) is 11.6. The third-order valence-corrected chi connectivity index (χ3v) is 7.67. The molecule has 0 atom stereocenters. The van der Waals surface area contributed by atoms with Crippen LogP contribution in [0.3, 0.4) is 0 Å². The number of thiophene rings is 1. The first-order chi connectivity index (χ1) is 19.6. The van der Waals surface area contributed by atoms with Crippen LogP contribution in [-0.4, -0.2) is 42.3 Å². The number of hydrogen-bond acceptors (Lipinski definition) is 9. The summed E-state index contributed by atoms with van der Waals surface area (Å²) in [6.45, 7) is 7.41. The first kappa shape index (κ1) is 26.3. The van der Waals surface area contributed by atoms with Crippen molar-refractivity contribution in [2.45, 2.75) is 39.7 Å². The maximum atomic E-state index is 13.4. The second-order valence-electron chi connectivity index (χ2n) is 10.8. The van der Waals surface area contributed by atoms with E-state index in [9.17, 15) is 9.59 Å². The molecule has 10 nitrogen and oxygen atoms in total. The molecule has 0 aliphatic rings. The fourth-order valence-electron chi connectivity index (χ4n) is 4.76. The number of amides is 1. The lowest BCUT2D eigenvalue weighted by molar-refractivity contribution is 0.0522. The molecular formula is C30H27N7O3S. The van der Waals surface area contributed by atoms with Gasteiger partial charge in [-0.2, -0.15) is 9.78 Å². The molecule has 4 aromatic heterocycles. The van der Waals surface area contributed by atoms with Crippen molar-refractivity contribution in [1.29, 1.82) is 0 Å². The summed E-state index contributed by atoms with van der Waals surface area (Å²) in [4.78, 5) is 39.1. The Balaban J connectivity index is 1.34. The molecular weight excluding hydrogens is 538 g/mol. The fourth-order valence-corrected chi connectivity index (χ4v) is 5.66. The van der Waals surface area contributed by atoms with Gasteiger partial charge in [-0.25, -0.2) is 14.8 Å². The summed E-state index contributed by atoms with van der Waals surface area (Å²) in [6, 6.07) is 11.7. The second kappa shape index (κ2) is 9.93. The third kappa shape index (κ3) is 4.95. The number of benzene rings is 2. The molecule has 206 valence electrons. The number of aryl methyl sites for hydroxylation is 1. The van der Waals surface area contributed by atoms with Gasteiger partial charge in [0.1, 0.15) is 17.7 Å². The van der Waals surface area contributed by atoms with E-state index in [0.717, 1.165) is 33.0 Å². The summed E-state index contributed by atoms with van der Waals surface area (Å²) in [5.41, 5.74) is 10.4. The van der Waals surface area contributed by atoms with Crippen LogP contribution < -0.4 is 11.1 Å². The molecule has 2 aromatic carbocycles. The summed E-state index contributed by atoms with van der Waals surface area (Å²) < 4.78 is 7.49. The van der Waals surface area contributed by atoms with Crippen LogP contribution in [0.1, 0.15) is 48.0 Å². The van der Waals surface area contributed by atoms with Crippen LogP contribution in [0.4, 0.5) is 16.3 Å². The van der Waals surface area contributed by atoms with Crippen LogP contribution in [0.2, 0.25) is 0 Å². The Labute approximate surface area is 239 Å². The number of carbonyl (C=O) groups excluding carboxylic acids is 2. The maximum Gasteiger partial charge on any atom is 0.435 e. The van der Waals surface area contributed by atoms with E-state index < -0.39 is 11.7 Å². The Kier molecular flexibility index (Phi) is 6.38. The van der Waals surface area contributed by atoms with Crippen molar-refractivity contribution < 1.29 is 14.3 Å². The summed E-state index contributed by atoms with van der Waals surface area (Å²) in [7, 11) is 0. The van der Waals surface area contributed by atoms with Crippen molar-refractivity contribution in [2.75, 3.05) is 11.1 Å². The lowest BCUT2D eigenvalue weighted by Crippen LogP contribution is -2.27. The molecule has 0 spiro atoms. The number of nitrogens with zero attached hydrogens (tertiary/aromatic N) is 5. The van der Waals surface area contributed by atoms with Crippen LogP contribution in [0.25, 0.3) is 31.9 Å². The first-order valence-electron chi connectivity index (χ1n) is 13.0. The van der Waals surface area contributed by atoms with E-state index >= 15 is 0 Å². The number of anilines is 2. The largest absolute Gasteiger partial charge is 0.442 e. The number of carbonyl (C=O) groups is 2. The van der Waals surface area contributed by atoms with Crippen molar-refractivity contribution in [2.24, 2.45) is 0 Å². The Morgan fingerprint density at radius 3 is 2.71 bits per heavy atom. The Bertz CT molecular complexity index is 1990. The van der Waals surface area contributed by atoms with E-state index in [1.54, 1.807) is 17.8 Å². The van der Waals surface area contributed by atoms with Gasteiger partial charge in [0.25, 0.3) is 5.91 Å². The van der Waals surface area contributed by atoms with Crippen LogP contribution in [0, 0.1) is 6.92 Å². The molecule has 6 rings (SSSR count). The lowest BCUT2D eigenvalue weighted by Gasteiger charge is -2.19. The highest BCUT2D eigenvalue weighted by molar-refractivity contribution is 7.18. The average molecular weight is 566 g/mol. The Morgan fingerprint density at radius 2 is 1.90 bits per heavy atom. The van der Waals surface area contributed by atoms with Crippen LogP contribution >= 0.6 is 11.3 Å². The average Bonchev–Trinajstić information content (AvgIpc) is 3.55. The van der Waals surface area contributed by atoms with E-state index in [1.807, 2.05) is 64.1 Å². The molecule has 0 unspecified atom stereocenters. The van der Waals surface area contributed by atoms with E-state index in [-0.39, 0.29) is 5.91 Å². The van der Waals surface area contributed by atoms with Crippen LogP contribution in [0.5, 0.6) is 0 Å². The molecule has 0 saturated heterocycles. The van der Waals surface area contributed by atoms with Gasteiger partial charge < -0.3 is 15.8 Å². The summed E-state index contributed by atoms with van der Waals surface area (Å²) in [5.74, 6) is 0.0765. The third-order valence-electron chi connectivity index (χ3n) is 6.67. The number of ether oxygens (including phenoxy) is 1. The van der Waals surface area contributed by atoms with Crippen molar-refractivity contribution in [1.82, 2.24) is 24.7 Å². The van der Waals surface area contributed by atoms with Gasteiger partial charge in [0.15, 0.2) is 0 Å². The van der Waals surface area contributed by atoms with Gasteiger partial charge in [-0.05, 0) is 51.0 Å². The minimum atomic E-state index is -0.636. The molecule has 0 aliphatic heterocycles. The van der Waals surface area contributed by atoms with E-state index in [1.165, 1.54) is 22.3 Å².